The van der Waals surface area contributed by atoms with Gasteiger partial charge in [0.05, 0.1) is 11.0 Å². The van der Waals surface area contributed by atoms with Crippen LogP contribution in [-0.4, -0.2) is 27.7 Å². The fraction of sp³-hybridized carbons (Fsp3) is 0.333. The first-order chi connectivity index (χ1) is 14.1. The Morgan fingerprint density at radius 2 is 1.87 bits per heavy atom. The number of rotatable bonds is 4. The zero-order valence-electron chi connectivity index (χ0n) is 17.4. The largest absolute Gasteiger partial charge is 0.507 e. The van der Waals surface area contributed by atoms with Crippen LogP contribution in [-0.2, 0) is 6.42 Å². The number of ketones is 1. The molecule has 6 heteroatoms. The Hall–Kier alpha value is -3.12. The first-order valence-corrected chi connectivity index (χ1v) is 9.94. The van der Waals surface area contributed by atoms with Crippen LogP contribution in [0.25, 0.3) is 22.1 Å². The number of aliphatic hydroxyl groups is 1. The SMILES string of the molecule is CC(C)C(=O)c1c(O)c2c(c3c(-c4ccccc4)cc(=O)oc13)O[C@@H](C(C)(C)O)C2. The molecule has 0 bridgehead atoms. The zero-order valence-corrected chi connectivity index (χ0v) is 17.4. The minimum absolute atomic E-state index is 0.00713. The molecular formula is C24H24O6. The topological polar surface area (TPSA) is 97.0 Å². The lowest BCUT2D eigenvalue weighted by atomic mass is 9.90. The Morgan fingerprint density at radius 3 is 2.47 bits per heavy atom. The van der Waals surface area contributed by atoms with E-state index in [1.807, 2.05) is 30.3 Å². The molecule has 0 amide bonds. The van der Waals surface area contributed by atoms with E-state index in [-0.39, 0.29) is 29.1 Å². The number of hydrogen-bond donors (Lipinski definition) is 2. The highest BCUT2D eigenvalue weighted by Crippen LogP contribution is 2.49. The summed E-state index contributed by atoms with van der Waals surface area (Å²) in [6.45, 7) is 6.69. The van der Waals surface area contributed by atoms with Gasteiger partial charge in [0.1, 0.15) is 23.2 Å². The Morgan fingerprint density at radius 1 is 1.20 bits per heavy atom. The van der Waals surface area contributed by atoms with Crippen LogP contribution in [0.1, 0.15) is 43.6 Å². The maximum Gasteiger partial charge on any atom is 0.336 e. The molecule has 30 heavy (non-hydrogen) atoms. The first kappa shape index (κ1) is 20.2. The molecule has 1 aliphatic heterocycles. The molecule has 0 fully saturated rings. The molecule has 3 aromatic rings. The minimum Gasteiger partial charge on any atom is -0.507 e. The number of Topliss-reactive ketones (excluding diaryl/α,β-unsaturated/α-hetero) is 1. The van der Waals surface area contributed by atoms with Crippen molar-refractivity contribution in [3.05, 3.63) is 57.9 Å². The molecule has 0 aliphatic carbocycles. The molecule has 4 rings (SSSR count). The standard InChI is InChI=1S/C24H24O6/c1-12(2)20(26)19-21(27)15-10-16(24(3,4)28)29-22(15)18-14(11-17(25)30-23(18)19)13-8-6-5-7-9-13/h5-9,11-12,16,27-28H,10H2,1-4H3/t16-/m1/s1. The predicted molar refractivity (Wildman–Crippen MR) is 113 cm³/mol. The second-order valence-electron chi connectivity index (χ2n) is 8.56. The molecule has 2 N–H and O–H groups in total. The van der Waals surface area contributed by atoms with Crippen molar-refractivity contribution in [1.29, 1.82) is 0 Å². The number of fused-ring (bicyclic) bond motifs is 3. The number of hydrogen-bond acceptors (Lipinski definition) is 6. The highest BCUT2D eigenvalue weighted by atomic mass is 16.5. The lowest BCUT2D eigenvalue weighted by Gasteiger charge is -2.24. The lowest BCUT2D eigenvalue weighted by molar-refractivity contribution is -0.0225. The van der Waals surface area contributed by atoms with E-state index >= 15 is 0 Å². The molecule has 1 aromatic heterocycles. The van der Waals surface area contributed by atoms with Crippen LogP contribution < -0.4 is 10.4 Å². The molecule has 6 nitrogen and oxygen atoms in total. The van der Waals surface area contributed by atoms with Crippen molar-refractivity contribution < 1.29 is 24.2 Å². The Kier molecular flexibility index (Phi) is 4.70. The van der Waals surface area contributed by atoms with Crippen molar-refractivity contribution in [2.24, 2.45) is 5.92 Å². The second-order valence-corrected chi connectivity index (χ2v) is 8.56. The van der Waals surface area contributed by atoms with Crippen molar-refractivity contribution in [3.8, 4) is 22.6 Å². The molecule has 0 saturated heterocycles. The van der Waals surface area contributed by atoms with Crippen LogP contribution in [0.5, 0.6) is 11.5 Å². The van der Waals surface area contributed by atoms with Gasteiger partial charge in [-0.25, -0.2) is 4.79 Å². The maximum atomic E-state index is 13.0. The van der Waals surface area contributed by atoms with Gasteiger partial charge < -0.3 is 19.4 Å². The summed E-state index contributed by atoms with van der Waals surface area (Å²) in [6, 6.07) is 10.6. The quantitative estimate of drug-likeness (QED) is 0.499. The zero-order chi connectivity index (χ0) is 21.8. The van der Waals surface area contributed by atoms with Crippen LogP contribution in [0, 0.1) is 5.92 Å². The van der Waals surface area contributed by atoms with Crippen molar-refractivity contribution >= 4 is 16.8 Å². The predicted octanol–water partition coefficient (Wildman–Crippen LogP) is 4.08. The molecule has 1 aliphatic rings. The fourth-order valence-corrected chi connectivity index (χ4v) is 3.86. The molecule has 0 saturated carbocycles. The van der Waals surface area contributed by atoms with Gasteiger partial charge in [-0.1, -0.05) is 44.2 Å². The summed E-state index contributed by atoms with van der Waals surface area (Å²) in [6.07, 6.45) is -0.395. The van der Waals surface area contributed by atoms with Gasteiger partial charge in [0, 0.05) is 29.5 Å². The normalized spacial score (nSPS) is 16.0. The molecule has 156 valence electrons. The van der Waals surface area contributed by atoms with E-state index in [9.17, 15) is 19.8 Å². The summed E-state index contributed by atoms with van der Waals surface area (Å²) in [4.78, 5) is 25.4. The third-order valence-corrected chi connectivity index (χ3v) is 5.51. The summed E-state index contributed by atoms with van der Waals surface area (Å²) < 4.78 is 11.6. The lowest BCUT2D eigenvalue weighted by Crippen LogP contribution is -2.39. The molecule has 0 unspecified atom stereocenters. The van der Waals surface area contributed by atoms with Gasteiger partial charge in [0.2, 0.25) is 0 Å². The summed E-state index contributed by atoms with van der Waals surface area (Å²) >= 11 is 0. The van der Waals surface area contributed by atoms with Gasteiger partial charge in [0.25, 0.3) is 0 Å². The van der Waals surface area contributed by atoms with Crippen molar-refractivity contribution in [1.82, 2.24) is 0 Å². The van der Waals surface area contributed by atoms with E-state index in [2.05, 4.69) is 0 Å². The van der Waals surface area contributed by atoms with Gasteiger partial charge in [-0.05, 0) is 19.4 Å². The van der Waals surface area contributed by atoms with Crippen molar-refractivity contribution in [3.63, 3.8) is 0 Å². The molecule has 2 aromatic carbocycles. The first-order valence-electron chi connectivity index (χ1n) is 9.94. The van der Waals surface area contributed by atoms with Crippen LogP contribution in [0.4, 0.5) is 0 Å². The number of benzene rings is 2. The number of aromatic hydroxyl groups is 1. The number of phenolic OH excluding ortho intramolecular Hbond substituents is 1. The van der Waals surface area contributed by atoms with E-state index in [4.69, 9.17) is 9.15 Å². The summed E-state index contributed by atoms with van der Waals surface area (Å²) in [5, 5.41) is 22.0. The highest BCUT2D eigenvalue weighted by molar-refractivity contribution is 6.14. The number of phenols is 1. The van der Waals surface area contributed by atoms with Crippen molar-refractivity contribution in [2.75, 3.05) is 0 Å². The average molecular weight is 408 g/mol. The van der Waals surface area contributed by atoms with Crippen LogP contribution in [0.2, 0.25) is 0 Å². The van der Waals surface area contributed by atoms with Crippen molar-refractivity contribution in [2.45, 2.75) is 45.8 Å². The smallest absolute Gasteiger partial charge is 0.336 e. The summed E-state index contributed by atoms with van der Waals surface area (Å²) in [5.74, 6) is -0.676. The Labute approximate surface area is 173 Å². The van der Waals surface area contributed by atoms with E-state index in [0.717, 1.165) is 5.56 Å². The number of carbonyl (C=O) groups is 1. The van der Waals surface area contributed by atoms with E-state index in [1.54, 1.807) is 27.7 Å². The highest BCUT2D eigenvalue weighted by Gasteiger charge is 2.40. The average Bonchev–Trinajstić information content (AvgIpc) is 3.14. The van der Waals surface area contributed by atoms with Crippen LogP contribution in [0.3, 0.4) is 0 Å². The Balaban J connectivity index is 2.15. The second kappa shape index (κ2) is 6.99. The van der Waals surface area contributed by atoms with Gasteiger partial charge in [0.15, 0.2) is 11.4 Å². The molecule has 1 atom stereocenters. The minimum atomic E-state index is -1.18. The molecular weight excluding hydrogens is 384 g/mol. The number of ether oxygens (including phenoxy) is 1. The molecule has 0 spiro atoms. The third-order valence-electron chi connectivity index (χ3n) is 5.51. The fourth-order valence-electron chi connectivity index (χ4n) is 3.86. The van der Waals surface area contributed by atoms with E-state index in [1.165, 1.54) is 6.07 Å². The molecule has 2 heterocycles. The van der Waals surface area contributed by atoms with Crippen LogP contribution >= 0.6 is 0 Å². The van der Waals surface area contributed by atoms with E-state index < -0.39 is 23.2 Å². The molecule has 0 radical (unpaired) electrons. The maximum absolute atomic E-state index is 13.0. The monoisotopic (exact) mass is 408 g/mol. The van der Waals surface area contributed by atoms with Gasteiger partial charge in [-0.3, -0.25) is 4.79 Å². The third kappa shape index (κ3) is 3.17. The van der Waals surface area contributed by atoms with Gasteiger partial charge in [-0.2, -0.15) is 0 Å². The Bertz CT molecular complexity index is 1200. The summed E-state index contributed by atoms with van der Waals surface area (Å²) in [5.41, 5.74) is -0.0851. The van der Waals surface area contributed by atoms with E-state index in [0.29, 0.717) is 22.3 Å². The van der Waals surface area contributed by atoms with Crippen LogP contribution in [0.15, 0.2) is 45.6 Å². The van der Waals surface area contributed by atoms with Gasteiger partial charge in [-0.15, -0.1) is 0 Å². The number of carbonyl (C=O) groups excluding carboxylic acids is 1. The van der Waals surface area contributed by atoms with Gasteiger partial charge >= 0.3 is 5.63 Å². The summed E-state index contributed by atoms with van der Waals surface area (Å²) in [7, 11) is 0.